The number of rotatable bonds is 2. The van der Waals surface area contributed by atoms with Gasteiger partial charge in [0.1, 0.15) is 5.78 Å². The minimum atomic E-state index is -3.70. The van der Waals surface area contributed by atoms with Crippen molar-refractivity contribution in [3.63, 3.8) is 0 Å². The van der Waals surface area contributed by atoms with Gasteiger partial charge in [0, 0.05) is 34.9 Å². The van der Waals surface area contributed by atoms with Gasteiger partial charge in [0.2, 0.25) is 0 Å². The largest absolute Gasteiger partial charge is 0.586 e. The van der Waals surface area contributed by atoms with Gasteiger partial charge < -0.3 is 14.0 Å². The molecule has 7 rings (SSSR count). The second-order valence-corrected chi connectivity index (χ2v) is 10.1. The molecular weight excluding hydrogens is 454 g/mol. The summed E-state index contributed by atoms with van der Waals surface area (Å²) >= 11 is 0. The summed E-state index contributed by atoms with van der Waals surface area (Å²) in [6.07, 6.45) is 1.85. The van der Waals surface area contributed by atoms with Gasteiger partial charge in [-0.15, -0.1) is 8.78 Å². The Kier molecular flexibility index (Phi) is 4.28. The quantitative estimate of drug-likeness (QED) is 0.360. The Bertz CT molecular complexity index is 1510. The van der Waals surface area contributed by atoms with Crippen molar-refractivity contribution >= 4 is 16.7 Å². The summed E-state index contributed by atoms with van der Waals surface area (Å²) in [6, 6.07) is 5.11. The maximum Gasteiger partial charge on any atom is 0.586 e. The molecule has 2 aliphatic heterocycles. The fourth-order valence-corrected chi connectivity index (χ4v) is 6.32. The zero-order valence-corrected chi connectivity index (χ0v) is 19.3. The van der Waals surface area contributed by atoms with Gasteiger partial charge in [-0.05, 0) is 61.3 Å². The molecule has 0 amide bonds. The molecule has 2 aromatic heterocycles. The molecule has 8 heteroatoms. The number of nitrogens with zero attached hydrogens (tertiary/aromatic N) is 2. The molecule has 0 bridgehead atoms. The molecule has 1 atom stereocenters. The van der Waals surface area contributed by atoms with Crippen molar-refractivity contribution in [3.8, 4) is 22.9 Å². The SMILES string of the molecule is CCC1C(=O)CCCc2c1cc1n(c2=O)Cc2c-1nc1cc3c(cc1c2C1CCC1)OC(F)(F)O3. The number of pyridine rings is 2. The van der Waals surface area contributed by atoms with E-state index in [9.17, 15) is 18.4 Å². The first kappa shape index (κ1) is 21.0. The predicted octanol–water partition coefficient (Wildman–Crippen LogP) is 5.41. The first-order valence-electron chi connectivity index (χ1n) is 12.4. The second-order valence-electron chi connectivity index (χ2n) is 10.1. The van der Waals surface area contributed by atoms with Gasteiger partial charge in [-0.1, -0.05) is 13.3 Å². The van der Waals surface area contributed by atoms with Gasteiger partial charge in [-0.25, -0.2) is 4.98 Å². The van der Waals surface area contributed by atoms with Crippen LogP contribution in [0.5, 0.6) is 11.5 Å². The van der Waals surface area contributed by atoms with Gasteiger partial charge in [-0.2, -0.15) is 0 Å². The van der Waals surface area contributed by atoms with Crippen molar-refractivity contribution in [1.29, 1.82) is 0 Å². The van der Waals surface area contributed by atoms with Crippen molar-refractivity contribution in [2.24, 2.45) is 0 Å². The van der Waals surface area contributed by atoms with Gasteiger partial charge >= 0.3 is 6.29 Å². The molecule has 0 N–H and O–H groups in total. The third kappa shape index (κ3) is 2.95. The topological polar surface area (TPSA) is 70.4 Å². The van der Waals surface area contributed by atoms with Crippen molar-refractivity contribution in [2.75, 3.05) is 0 Å². The summed E-state index contributed by atoms with van der Waals surface area (Å²) in [5.74, 6) is 0.154. The molecular formula is C27H24F2N2O4. The van der Waals surface area contributed by atoms with Gasteiger partial charge in [-0.3, -0.25) is 9.59 Å². The maximum absolute atomic E-state index is 13.8. The molecule has 35 heavy (non-hydrogen) atoms. The molecule has 3 aromatic rings. The van der Waals surface area contributed by atoms with Crippen LogP contribution in [0.2, 0.25) is 0 Å². The number of hydrogen-bond donors (Lipinski definition) is 0. The first-order valence-corrected chi connectivity index (χ1v) is 12.4. The molecule has 1 saturated carbocycles. The minimum absolute atomic E-state index is 0.00788. The third-order valence-electron chi connectivity index (χ3n) is 8.18. The summed E-state index contributed by atoms with van der Waals surface area (Å²) in [4.78, 5) is 31.3. The number of carbonyl (C=O) groups excluding carboxylic acids is 1. The van der Waals surface area contributed by atoms with Crippen LogP contribution in [0.15, 0.2) is 23.0 Å². The van der Waals surface area contributed by atoms with Gasteiger partial charge in [0.25, 0.3) is 5.56 Å². The smallest absolute Gasteiger partial charge is 0.395 e. The van der Waals surface area contributed by atoms with E-state index >= 15 is 0 Å². The highest BCUT2D eigenvalue weighted by molar-refractivity contribution is 5.92. The molecule has 4 heterocycles. The lowest BCUT2D eigenvalue weighted by atomic mass is 9.76. The highest BCUT2D eigenvalue weighted by atomic mass is 19.3. The molecule has 1 fully saturated rings. The predicted molar refractivity (Wildman–Crippen MR) is 124 cm³/mol. The lowest BCUT2D eigenvalue weighted by molar-refractivity contribution is -0.286. The van der Waals surface area contributed by atoms with E-state index in [-0.39, 0.29) is 34.7 Å². The van der Waals surface area contributed by atoms with E-state index in [4.69, 9.17) is 14.5 Å². The standard InChI is InChI=1S/C27H24F2N2O4/c1-2-14-16-9-20-25-18(12-31(20)26(33)15(16)7-4-8-21(14)32)24(13-5-3-6-13)17-10-22-23(11-19(17)30-25)35-27(28,29)34-22/h9-11,13-14H,2-8,12H2,1H3. The molecule has 1 unspecified atom stereocenters. The molecule has 6 nitrogen and oxygen atoms in total. The number of aromatic nitrogens is 2. The van der Waals surface area contributed by atoms with E-state index in [0.29, 0.717) is 49.1 Å². The summed E-state index contributed by atoms with van der Waals surface area (Å²) in [5.41, 5.74) is 5.54. The van der Waals surface area contributed by atoms with E-state index < -0.39 is 6.29 Å². The average Bonchev–Trinajstić information content (AvgIpc) is 3.22. The number of alkyl halides is 2. The number of Topliss-reactive ketones (excluding diaryl/α,β-unsaturated/α-hetero) is 1. The molecule has 4 aliphatic rings. The van der Waals surface area contributed by atoms with Crippen molar-refractivity contribution in [3.05, 3.63) is 50.8 Å². The molecule has 0 saturated heterocycles. The fourth-order valence-electron chi connectivity index (χ4n) is 6.32. The Hall–Kier alpha value is -3.29. The summed E-state index contributed by atoms with van der Waals surface area (Å²) in [7, 11) is 0. The zero-order valence-electron chi connectivity index (χ0n) is 19.3. The van der Waals surface area contributed by atoms with Crippen LogP contribution in [-0.4, -0.2) is 21.6 Å². The van der Waals surface area contributed by atoms with E-state index in [2.05, 4.69) is 0 Å². The van der Waals surface area contributed by atoms with Crippen LogP contribution in [0, 0.1) is 0 Å². The Morgan fingerprint density at radius 2 is 1.83 bits per heavy atom. The van der Waals surface area contributed by atoms with E-state index in [1.165, 1.54) is 6.07 Å². The lowest BCUT2D eigenvalue weighted by Crippen LogP contribution is -2.26. The van der Waals surface area contributed by atoms with Crippen LogP contribution in [0.1, 0.15) is 79.5 Å². The number of halogens is 2. The molecule has 2 aliphatic carbocycles. The summed E-state index contributed by atoms with van der Waals surface area (Å²) in [6.45, 7) is 2.39. The monoisotopic (exact) mass is 478 g/mol. The number of ketones is 1. The highest BCUT2D eigenvalue weighted by Gasteiger charge is 2.44. The number of carbonyl (C=O) groups is 1. The highest BCUT2D eigenvalue weighted by Crippen LogP contribution is 2.50. The van der Waals surface area contributed by atoms with Crippen LogP contribution in [0.25, 0.3) is 22.3 Å². The van der Waals surface area contributed by atoms with Crippen LogP contribution in [0.3, 0.4) is 0 Å². The Labute approximate surface area is 199 Å². The average molecular weight is 478 g/mol. The number of benzene rings is 1. The molecule has 0 spiro atoms. The number of fused-ring (bicyclic) bond motifs is 6. The fraction of sp³-hybridized carbons (Fsp3) is 0.444. The van der Waals surface area contributed by atoms with Crippen molar-refractivity contribution < 1.29 is 23.0 Å². The Balaban J connectivity index is 1.49. The van der Waals surface area contributed by atoms with Gasteiger partial charge in [0.15, 0.2) is 11.5 Å². The summed E-state index contributed by atoms with van der Waals surface area (Å²) < 4.78 is 38.7. The van der Waals surface area contributed by atoms with Crippen LogP contribution >= 0.6 is 0 Å². The summed E-state index contributed by atoms with van der Waals surface area (Å²) in [5, 5.41) is 0.775. The molecule has 0 radical (unpaired) electrons. The van der Waals surface area contributed by atoms with E-state index in [1.54, 1.807) is 10.6 Å². The third-order valence-corrected chi connectivity index (χ3v) is 8.18. The zero-order chi connectivity index (χ0) is 24.1. The van der Waals surface area contributed by atoms with E-state index in [0.717, 1.165) is 46.9 Å². The normalized spacial score (nSPS) is 21.9. The van der Waals surface area contributed by atoms with Crippen LogP contribution in [0.4, 0.5) is 8.78 Å². The lowest BCUT2D eigenvalue weighted by Gasteiger charge is -2.29. The molecule has 1 aromatic carbocycles. The van der Waals surface area contributed by atoms with Crippen molar-refractivity contribution in [1.82, 2.24) is 9.55 Å². The first-order chi connectivity index (χ1) is 16.8. The molecule has 180 valence electrons. The van der Waals surface area contributed by atoms with E-state index in [1.807, 2.05) is 13.0 Å². The van der Waals surface area contributed by atoms with Gasteiger partial charge in [0.05, 0.1) is 23.4 Å². The Morgan fingerprint density at radius 1 is 1.06 bits per heavy atom. The number of ether oxygens (including phenoxy) is 2. The van der Waals surface area contributed by atoms with Crippen LogP contribution < -0.4 is 15.0 Å². The van der Waals surface area contributed by atoms with Crippen LogP contribution in [-0.2, 0) is 17.8 Å². The number of hydrogen-bond acceptors (Lipinski definition) is 5. The Morgan fingerprint density at radius 3 is 2.54 bits per heavy atom. The maximum atomic E-state index is 13.8. The minimum Gasteiger partial charge on any atom is -0.395 e. The van der Waals surface area contributed by atoms with Crippen molar-refractivity contribution in [2.45, 2.75) is 76.5 Å². The second kappa shape index (κ2) is 7.12.